The number of rotatable bonds is 3. The predicted molar refractivity (Wildman–Crippen MR) is 90.2 cm³/mol. The van der Waals surface area contributed by atoms with Gasteiger partial charge in [0.15, 0.2) is 11.6 Å². The first kappa shape index (κ1) is 16.4. The number of nitrogens with one attached hydrogen (secondary N) is 2. The first-order valence-electron chi connectivity index (χ1n) is 8.17. The second-order valence-electron chi connectivity index (χ2n) is 6.22. The Balaban J connectivity index is 1.64. The molecule has 7 nitrogen and oxygen atoms in total. The molecule has 4 rings (SSSR count). The predicted octanol–water partition coefficient (Wildman–Crippen LogP) is 2.07. The number of nitrogens with zero attached hydrogens (tertiary/aromatic N) is 4. The first-order valence-corrected chi connectivity index (χ1v) is 8.17. The number of carbonyl (C=O) groups is 1. The summed E-state index contributed by atoms with van der Waals surface area (Å²) in [7, 11) is 1.81. The average Bonchev–Trinajstić information content (AvgIpc) is 3.03. The summed E-state index contributed by atoms with van der Waals surface area (Å²) in [5, 5.41) is 10.4. The van der Waals surface area contributed by atoms with Crippen molar-refractivity contribution in [2.45, 2.75) is 24.9 Å². The SMILES string of the molecule is Cn1nccc1[C@@H]1NC(=O)CC[C@H]1Nc1cnc2cc(F)c(F)cc2n1. The minimum Gasteiger partial charge on any atom is -0.364 e. The molecule has 1 fully saturated rings. The molecule has 2 N–H and O–H groups in total. The number of hydrogen-bond acceptors (Lipinski definition) is 5. The fourth-order valence-electron chi connectivity index (χ4n) is 3.19. The molecule has 2 aromatic heterocycles. The lowest BCUT2D eigenvalue weighted by Crippen LogP contribution is -2.46. The molecule has 1 aliphatic rings. The van der Waals surface area contributed by atoms with Crippen molar-refractivity contribution < 1.29 is 13.6 Å². The molecule has 1 aliphatic heterocycles. The molecule has 0 saturated carbocycles. The van der Waals surface area contributed by atoms with E-state index in [9.17, 15) is 13.6 Å². The molecule has 0 aliphatic carbocycles. The van der Waals surface area contributed by atoms with E-state index < -0.39 is 11.6 Å². The van der Waals surface area contributed by atoms with E-state index in [1.165, 1.54) is 6.20 Å². The Labute approximate surface area is 147 Å². The molecule has 0 radical (unpaired) electrons. The Morgan fingerprint density at radius 1 is 1.27 bits per heavy atom. The largest absolute Gasteiger partial charge is 0.364 e. The molecule has 26 heavy (non-hydrogen) atoms. The van der Waals surface area contributed by atoms with Crippen LogP contribution in [0.4, 0.5) is 14.6 Å². The Morgan fingerprint density at radius 3 is 2.77 bits per heavy atom. The number of carbonyl (C=O) groups excluding carboxylic acids is 1. The van der Waals surface area contributed by atoms with Gasteiger partial charge in [-0.25, -0.2) is 13.8 Å². The maximum absolute atomic E-state index is 13.5. The van der Waals surface area contributed by atoms with Crippen molar-refractivity contribution >= 4 is 22.8 Å². The number of anilines is 1. The van der Waals surface area contributed by atoms with Gasteiger partial charge in [-0.3, -0.25) is 14.5 Å². The Hall–Kier alpha value is -3.10. The average molecular weight is 358 g/mol. The zero-order chi connectivity index (χ0) is 18.3. The van der Waals surface area contributed by atoms with Crippen molar-refractivity contribution in [1.29, 1.82) is 0 Å². The van der Waals surface area contributed by atoms with Crippen molar-refractivity contribution in [3.05, 3.63) is 47.9 Å². The Morgan fingerprint density at radius 2 is 2.04 bits per heavy atom. The normalized spacial score (nSPS) is 20.2. The first-order chi connectivity index (χ1) is 12.5. The highest BCUT2D eigenvalue weighted by Gasteiger charge is 2.32. The van der Waals surface area contributed by atoms with E-state index in [0.717, 1.165) is 17.8 Å². The van der Waals surface area contributed by atoms with Crippen LogP contribution in [-0.2, 0) is 11.8 Å². The lowest BCUT2D eigenvalue weighted by molar-refractivity contribution is -0.123. The summed E-state index contributed by atoms with van der Waals surface area (Å²) in [6, 6.07) is 3.45. The molecule has 1 aromatic carbocycles. The molecule has 1 saturated heterocycles. The summed E-state index contributed by atoms with van der Waals surface area (Å²) >= 11 is 0. The second kappa shape index (κ2) is 6.32. The summed E-state index contributed by atoms with van der Waals surface area (Å²) in [5.41, 5.74) is 1.39. The van der Waals surface area contributed by atoms with E-state index in [1.807, 2.05) is 6.07 Å². The standard InChI is InChI=1S/C17H16F2N6O/c1-25-14(4-5-21-25)17-11(2-3-16(26)24-17)22-15-8-20-12-6-9(18)10(19)7-13(12)23-15/h4-8,11,17H,2-3H2,1H3,(H,22,23)(H,24,26)/t11-,17-/m1/s1. The molecule has 3 heterocycles. The lowest BCUT2D eigenvalue weighted by atomic mass is 9.95. The molecule has 0 spiro atoms. The number of benzene rings is 1. The van der Waals surface area contributed by atoms with Crippen LogP contribution in [0.5, 0.6) is 0 Å². The van der Waals surface area contributed by atoms with Crippen molar-refractivity contribution in [3.63, 3.8) is 0 Å². The molecule has 1 amide bonds. The fourth-order valence-corrected chi connectivity index (χ4v) is 3.19. The molecule has 3 aromatic rings. The third-order valence-corrected chi connectivity index (χ3v) is 4.50. The monoisotopic (exact) mass is 358 g/mol. The molecule has 9 heteroatoms. The molecular weight excluding hydrogens is 342 g/mol. The summed E-state index contributed by atoms with van der Waals surface area (Å²) in [5.74, 6) is -1.53. The third-order valence-electron chi connectivity index (χ3n) is 4.50. The van der Waals surface area contributed by atoms with Gasteiger partial charge >= 0.3 is 0 Å². The van der Waals surface area contributed by atoms with Crippen LogP contribution in [0.3, 0.4) is 0 Å². The number of aryl methyl sites for hydroxylation is 1. The summed E-state index contributed by atoms with van der Waals surface area (Å²) in [6.45, 7) is 0. The van der Waals surface area contributed by atoms with Crippen molar-refractivity contribution in [1.82, 2.24) is 25.1 Å². The summed E-state index contributed by atoms with van der Waals surface area (Å²) < 4.78 is 28.5. The van der Waals surface area contributed by atoms with Gasteiger partial charge in [-0.2, -0.15) is 5.10 Å². The number of fused-ring (bicyclic) bond motifs is 1. The summed E-state index contributed by atoms with van der Waals surface area (Å²) in [6.07, 6.45) is 4.11. The van der Waals surface area contributed by atoms with Gasteiger partial charge in [-0.1, -0.05) is 0 Å². The minimum atomic E-state index is -0.971. The number of halogens is 2. The van der Waals surface area contributed by atoms with Crippen LogP contribution in [0.15, 0.2) is 30.6 Å². The van der Waals surface area contributed by atoms with E-state index in [4.69, 9.17) is 0 Å². The van der Waals surface area contributed by atoms with Crippen LogP contribution in [0, 0.1) is 11.6 Å². The van der Waals surface area contributed by atoms with Crippen molar-refractivity contribution in [2.24, 2.45) is 7.05 Å². The van der Waals surface area contributed by atoms with Crippen molar-refractivity contribution in [3.8, 4) is 0 Å². The van der Waals surface area contributed by atoms with Gasteiger partial charge in [0.05, 0.1) is 35.0 Å². The van der Waals surface area contributed by atoms with Crippen LogP contribution in [0.1, 0.15) is 24.6 Å². The molecular formula is C17H16F2N6O. The number of aromatic nitrogens is 4. The topological polar surface area (TPSA) is 84.7 Å². The van der Waals surface area contributed by atoms with Crippen LogP contribution >= 0.6 is 0 Å². The zero-order valence-corrected chi connectivity index (χ0v) is 13.9. The van der Waals surface area contributed by atoms with Gasteiger partial charge in [0.2, 0.25) is 5.91 Å². The lowest BCUT2D eigenvalue weighted by Gasteiger charge is -2.33. The fraction of sp³-hybridized carbons (Fsp3) is 0.294. The quantitative estimate of drug-likeness (QED) is 0.749. The smallest absolute Gasteiger partial charge is 0.220 e. The van der Waals surface area contributed by atoms with E-state index in [2.05, 4.69) is 25.7 Å². The highest BCUT2D eigenvalue weighted by molar-refractivity contribution is 5.78. The van der Waals surface area contributed by atoms with Gasteiger partial charge in [0.1, 0.15) is 5.82 Å². The number of hydrogen-bond donors (Lipinski definition) is 2. The number of piperidine rings is 1. The van der Waals surface area contributed by atoms with Gasteiger partial charge in [-0.15, -0.1) is 0 Å². The van der Waals surface area contributed by atoms with Crippen LogP contribution < -0.4 is 10.6 Å². The molecule has 0 bridgehead atoms. The van der Waals surface area contributed by atoms with Crippen LogP contribution in [0.2, 0.25) is 0 Å². The molecule has 2 atom stereocenters. The Kier molecular flexibility index (Phi) is 3.98. The van der Waals surface area contributed by atoms with Crippen LogP contribution in [0.25, 0.3) is 11.0 Å². The van der Waals surface area contributed by atoms with Crippen LogP contribution in [-0.4, -0.2) is 31.7 Å². The number of amides is 1. The highest BCUT2D eigenvalue weighted by atomic mass is 19.2. The maximum Gasteiger partial charge on any atom is 0.220 e. The molecule has 0 unspecified atom stereocenters. The van der Waals surface area contributed by atoms with Gasteiger partial charge in [-0.05, 0) is 12.5 Å². The van der Waals surface area contributed by atoms with E-state index in [0.29, 0.717) is 18.7 Å². The minimum absolute atomic E-state index is 0.0311. The summed E-state index contributed by atoms with van der Waals surface area (Å²) in [4.78, 5) is 20.3. The zero-order valence-electron chi connectivity index (χ0n) is 13.9. The van der Waals surface area contributed by atoms with Gasteiger partial charge in [0, 0.05) is 31.8 Å². The van der Waals surface area contributed by atoms with Crippen molar-refractivity contribution in [2.75, 3.05) is 5.32 Å². The Bertz CT molecular complexity index is 989. The molecule has 134 valence electrons. The maximum atomic E-state index is 13.5. The second-order valence-corrected chi connectivity index (χ2v) is 6.22. The van der Waals surface area contributed by atoms with E-state index in [-0.39, 0.29) is 29.0 Å². The van der Waals surface area contributed by atoms with E-state index >= 15 is 0 Å². The van der Waals surface area contributed by atoms with Gasteiger partial charge in [0.25, 0.3) is 0 Å². The third kappa shape index (κ3) is 2.96. The van der Waals surface area contributed by atoms with E-state index in [1.54, 1.807) is 17.9 Å². The highest BCUT2D eigenvalue weighted by Crippen LogP contribution is 2.27. The van der Waals surface area contributed by atoms with Gasteiger partial charge < -0.3 is 10.6 Å².